The van der Waals surface area contributed by atoms with E-state index in [1.54, 1.807) is 31.2 Å². The van der Waals surface area contributed by atoms with E-state index in [9.17, 15) is 12.8 Å². The van der Waals surface area contributed by atoms with Crippen molar-refractivity contribution in [2.75, 3.05) is 5.32 Å². The van der Waals surface area contributed by atoms with Crippen molar-refractivity contribution < 1.29 is 21.6 Å². The molecule has 0 amide bonds. The van der Waals surface area contributed by atoms with Crippen LogP contribution in [-0.4, -0.2) is 22.6 Å². The van der Waals surface area contributed by atoms with Crippen LogP contribution >= 0.6 is 0 Å². The normalized spacial score (nSPS) is 11.6. The molecule has 1 N–H and O–H groups in total. The van der Waals surface area contributed by atoms with Crippen LogP contribution in [0.1, 0.15) is 11.5 Å². The number of nitrogens with zero attached hydrogens (tertiary/aromatic N) is 3. The van der Waals surface area contributed by atoms with Gasteiger partial charge in [0.25, 0.3) is 10.0 Å². The Morgan fingerprint density at radius 2 is 1.93 bits per heavy atom. The summed E-state index contributed by atoms with van der Waals surface area (Å²) in [5.74, 6) is 1.17. The highest BCUT2D eigenvalue weighted by Crippen LogP contribution is 2.23. The highest BCUT2D eigenvalue weighted by molar-refractivity contribution is 7.90. The molecule has 3 heterocycles. The van der Waals surface area contributed by atoms with E-state index in [0.717, 1.165) is 22.0 Å². The van der Waals surface area contributed by atoms with Crippen molar-refractivity contribution in [1.29, 1.82) is 0 Å². The lowest BCUT2D eigenvalue weighted by atomic mass is 10.4. The average Bonchev–Trinajstić information content (AvgIpc) is 3.41. The molecule has 10 heteroatoms. The first-order valence-electron chi connectivity index (χ1n) is 8.25. The number of halogens is 1. The van der Waals surface area contributed by atoms with Crippen LogP contribution in [0.2, 0.25) is 0 Å². The predicted molar refractivity (Wildman–Crippen MR) is 97.5 cm³/mol. The summed E-state index contributed by atoms with van der Waals surface area (Å²) < 4.78 is 50.7. The van der Waals surface area contributed by atoms with Crippen LogP contribution in [0.5, 0.6) is 0 Å². The minimum atomic E-state index is -4.11. The second kappa shape index (κ2) is 6.97. The van der Waals surface area contributed by atoms with Crippen molar-refractivity contribution >= 4 is 16.0 Å². The Morgan fingerprint density at radius 1 is 1.14 bits per heavy atom. The Labute approximate surface area is 159 Å². The summed E-state index contributed by atoms with van der Waals surface area (Å²) in [6.07, 6.45) is 1.43. The van der Waals surface area contributed by atoms with Gasteiger partial charge in [-0.15, -0.1) is 9.19 Å². The largest absolute Gasteiger partial charge is 0.465 e. The highest BCUT2D eigenvalue weighted by Gasteiger charge is 2.25. The number of aryl methyl sites for hydroxylation is 1. The van der Waals surface area contributed by atoms with Gasteiger partial charge in [-0.3, -0.25) is 0 Å². The number of nitrogens with one attached hydrogen (secondary N) is 1. The third-order valence-corrected chi connectivity index (χ3v) is 5.45. The molecule has 4 aromatic rings. The maximum atomic E-state index is 13.2. The minimum Gasteiger partial charge on any atom is -0.465 e. The topological polar surface area (TPSA) is 103 Å². The van der Waals surface area contributed by atoms with Crippen LogP contribution in [-0.2, 0) is 16.6 Å². The van der Waals surface area contributed by atoms with Crippen LogP contribution < -0.4 is 5.32 Å². The van der Waals surface area contributed by atoms with Gasteiger partial charge in [-0.1, -0.05) is 0 Å². The summed E-state index contributed by atoms with van der Waals surface area (Å²) in [4.78, 5) is 4.11. The van der Waals surface area contributed by atoms with Gasteiger partial charge in [0.05, 0.1) is 17.7 Å². The Kier molecular flexibility index (Phi) is 4.47. The summed E-state index contributed by atoms with van der Waals surface area (Å²) in [6, 6.07) is 11.3. The SMILES string of the molecule is Cc1ccc(CNc2nc(-c3ccco3)nn2S(=O)(=O)c2ccc(F)cc2)o1. The number of rotatable bonds is 6. The molecule has 1 aromatic carbocycles. The monoisotopic (exact) mass is 402 g/mol. The molecule has 0 fully saturated rings. The molecular weight excluding hydrogens is 387 g/mol. The third kappa shape index (κ3) is 3.41. The maximum Gasteiger partial charge on any atom is 0.286 e. The van der Waals surface area contributed by atoms with Crippen LogP contribution in [0.3, 0.4) is 0 Å². The van der Waals surface area contributed by atoms with Gasteiger partial charge in [0.2, 0.25) is 11.8 Å². The zero-order valence-electron chi connectivity index (χ0n) is 14.7. The maximum absolute atomic E-state index is 13.2. The van der Waals surface area contributed by atoms with Crippen molar-refractivity contribution in [3.63, 3.8) is 0 Å². The van der Waals surface area contributed by atoms with Crippen LogP contribution in [0, 0.1) is 12.7 Å². The van der Waals surface area contributed by atoms with Gasteiger partial charge in [0, 0.05) is 0 Å². The summed E-state index contributed by atoms with van der Waals surface area (Å²) in [6.45, 7) is 2.00. The molecule has 0 spiro atoms. The van der Waals surface area contributed by atoms with E-state index in [1.807, 2.05) is 0 Å². The van der Waals surface area contributed by atoms with Gasteiger partial charge in [0.15, 0.2) is 5.76 Å². The fourth-order valence-electron chi connectivity index (χ4n) is 2.54. The van der Waals surface area contributed by atoms with Crippen LogP contribution in [0.4, 0.5) is 10.3 Å². The lowest BCUT2D eigenvalue weighted by Gasteiger charge is -2.08. The van der Waals surface area contributed by atoms with Crippen molar-refractivity contribution in [3.8, 4) is 11.6 Å². The lowest BCUT2D eigenvalue weighted by Crippen LogP contribution is -2.18. The fourth-order valence-corrected chi connectivity index (χ4v) is 3.73. The third-order valence-electron chi connectivity index (χ3n) is 3.88. The van der Waals surface area contributed by atoms with E-state index in [1.165, 1.54) is 18.4 Å². The first-order valence-corrected chi connectivity index (χ1v) is 9.69. The number of hydrogen-bond donors (Lipinski definition) is 1. The van der Waals surface area contributed by atoms with Gasteiger partial charge in [0.1, 0.15) is 17.3 Å². The number of benzene rings is 1. The van der Waals surface area contributed by atoms with Crippen LogP contribution in [0.15, 0.2) is 68.5 Å². The number of hydrogen-bond acceptors (Lipinski definition) is 7. The Hall–Kier alpha value is -3.40. The number of anilines is 1. The van der Waals surface area contributed by atoms with E-state index in [2.05, 4.69) is 15.4 Å². The van der Waals surface area contributed by atoms with Gasteiger partial charge < -0.3 is 14.2 Å². The highest BCUT2D eigenvalue weighted by atomic mass is 32.2. The number of aromatic nitrogens is 3. The first-order chi connectivity index (χ1) is 13.4. The van der Waals surface area contributed by atoms with E-state index >= 15 is 0 Å². The van der Waals surface area contributed by atoms with E-state index < -0.39 is 15.8 Å². The summed E-state index contributed by atoms with van der Waals surface area (Å²) in [7, 11) is -4.11. The lowest BCUT2D eigenvalue weighted by molar-refractivity contribution is 0.490. The van der Waals surface area contributed by atoms with Gasteiger partial charge >= 0.3 is 0 Å². The first kappa shape index (κ1) is 18.0. The smallest absolute Gasteiger partial charge is 0.286 e. The molecular formula is C18H15FN4O4S. The molecule has 0 unspecified atom stereocenters. The van der Waals surface area contributed by atoms with E-state index in [0.29, 0.717) is 11.5 Å². The molecule has 144 valence electrons. The molecule has 0 atom stereocenters. The molecule has 0 aliphatic rings. The molecule has 8 nitrogen and oxygen atoms in total. The van der Waals surface area contributed by atoms with Gasteiger partial charge in [-0.25, -0.2) is 4.39 Å². The van der Waals surface area contributed by atoms with Gasteiger partial charge in [-0.05, 0) is 55.5 Å². The Morgan fingerprint density at radius 3 is 2.57 bits per heavy atom. The zero-order valence-corrected chi connectivity index (χ0v) is 15.5. The molecule has 0 saturated heterocycles. The standard InChI is InChI=1S/C18H15FN4O4S/c1-12-4-7-14(27-12)11-20-18-21-17(16-3-2-10-26-16)22-23(18)28(24,25)15-8-5-13(19)6-9-15/h2-10H,11H2,1H3,(H,20,21,22). The van der Waals surface area contributed by atoms with Gasteiger partial charge in [-0.2, -0.15) is 13.4 Å². The summed E-state index contributed by atoms with van der Waals surface area (Å²) >= 11 is 0. The van der Waals surface area contributed by atoms with Crippen molar-refractivity contribution in [3.05, 3.63) is 72.1 Å². The fraction of sp³-hybridized carbons (Fsp3) is 0.111. The molecule has 0 saturated carbocycles. The molecule has 4 rings (SSSR count). The Balaban J connectivity index is 1.74. The van der Waals surface area contributed by atoms with Crippen LogP contribution in [0.25, 0.3) is 11.6 Å². The second-order valence-electron chi connectivity index (χ2n) is 5.90. The van der Waals surface area contributed by atoms with E-state index in [-0.39, 0.29) is 23.2 Å². The van der Waals surface area contributed by atoms with Crippen molar-refractivity contribution in [2.24, 2.45) is 0 Å². The number of furan rings is 2. The van der Waals surface area contributed by atoms with E-state index in [4.69, 9.17) is 8.83 Å². The molecule has 28 heavy (non-hydrogen) atoms. The predicted octanol–water partition coefficient (Wildman–Crippen LogP) is 3.43. The molecule has 0 aliphatic carbocycles. The molecule has 3 aromatic heterocycles. The summed E-state index contributed by atoms with van der Waals surface area (Å²) in [5, 5.41) is 6.99. The average molecular weight is 402 g/mol. The minimum absolute atomic E-state index is 0.0234. The molecule has 0 bridgehead atoms. The molecule has 0 aliphatic heterocycles. The summed E-state index contributed by atoms with van der Waals surface area (Å²) in [5.41, 5.74) is 0. The second-order valence-corrected chi connectivity index (χ2v) is 7.67. The Bertz CT molecular complexity index is 1190. The molecule has 0 radical (unpaired) electrons. The zero-order chi connectivity index (χ0) is 19.7. The van der Waals surface area contributed by atoms with Crippen molar-refractivity contribution in [2.45, 2.75) is 18.4 Å². The van der Waals surface area contributed by atoms with Crippen molar-refractivity contribution in [1.82, 2.24) is 14.2 Å². The quantitative estimate of drug-likeness (QED) is 0.527.